The number of rotatable bonds is 8. The van der Waals surface area contributed by atoms with Gasteiger partial charge in [0.1, 0.15) is 0 Å². The Bertz CT molecular complexity index is 137. The molecule has 3 heteroatoms. The quantitative estimate of drug-likeness (QED) is 0.657. The number of thioether (sulfide) groups is 1. The molecule has 0 aromatic rings. The molecule has 2 nitrogen and oxygen atoms in total. The lowest BCUT2D eigenvalue weighted by molar-refractivity contribution is 0.0303. The van der Waals surface area contributed by atoms with Gasteiger partial charge >= 0.3 is 0 Å². The Morgan fingerprint density at radius 1 is 1.36 bits per heavy atom. The van der Waals surface area contributed by atoms with E-state index in [0.29, 0.717) is 6.04 Å². The Morgan fingerprint density at radius 2 is 1.93 bits per heavy atom. The number of aliphatic hydroxyl groups is 1. The SMILES string of the molecule is CCC(O)(CC)CNC(C)CCSC. The van der Waals surface area contributed by atoms with E-state index >= 15 is 0 Å². The van der Waals surface area contributed by atoms with Gasteiger partial charge in [0.2, 0.25) is 0 Å². The zero-order chi connectivity index (χ0) is 11.0. The van der Waals surface area contributed by atoms with Crippen LogP contribution in [0.2, 0.25) is 0 Å². The van der Waals surface area contributed by atoms with Gasteiger partial charge in [0.05, 0.1) is 5.60 Å². The number of nitrogens with one attached hydrogen (secondary N) is 1. The lowest BCUT2D eigenvalue weighted by atomic mass is 9.97. The molecule has 0 aliphatic heterocycles. The molecule has 0 aliphatic carbocycles. The molecular weight excluding hydrogens is 194 g/mol. The van der Waals surface area contributed by atoms with Crippen LogP contribution in [0.4, 0.5) is 0 Å². The minimum absolute atomic E-state index is 0.506. The standard InChI is InChI=1S/C11H25NOS/c1-5-11(13,6-2)9-12-10(3)7-8-14-4/h10,12-13H,5-9H2,1-4H3. The van der Waals surface area contributed by atoms with E-state index in [-0.39, 0.29) is 0 Å². The van der Waals surface area contributed by atoms with Crippen molar-refractivity contribution >= 4 is 11.8 Å². The molecule has 0 radical (unpaired) electrons. The van der Waals surface area contributed by atoms with Gasteiger partial charge in [-0.15, -0.1) is 0 Å². The lowest BCUT2D eigenvalue weighted by Gasteiger charge is -2.27. The monoisotopic (exact) mass is 219 g/mol. The van der Waals surface area contributed by atoms with Gasteiger partial charge in [-0.3, -0.25) is 0 Å². The molecule has 0 rings (SSSR count). The highest BCUT2D eigenvalue weighted by atomic mass is 32.2. The van der Waals surface area contributed by atoms with Gasteiger partial charge in [0.25, 0.3) is 0 Å². The van der Waals surface area contributed by atoms with Crippen molar-refractivity contribution in [3.05, 3.63) is 0 Å². The maximum absolute atomic E-state index is 10.0. The maximum Gasteiger partial charge on any atom is 0.0766 e. The van der Waals surface area contributed by atoms with E-state index in [1.54, 1.807) is 0 Å². The number of hydrogen-bond acceptors (Lipinski definition) is 3. The van der Waals surface area contributed by atoms with Crippen molar-refractivity contribution in [1.29, 1.82) is 0 Å². The molecule has 0 aromatic heterocycles. The van der Waals surface area contributed by atoms with Crippen LogP contribution in [0.15, 0.2) is 0 Å². The predicted octanol–water partition coefficient (Wildman–Crippen LogP) is 2.27. The van der Waals surface area contributed by atoms with Crippen LogP contribution in [-0.2, 0) is 0 Å². The lowest BCUT2D eigenvalue weighted by Crippen LogP contribution is -2.43. The Kier molecular flexibility index (Phi) is 7.69. The third-order valence-corrected chi connectivity index (χ3v) is 3.49. The summed E-state index contributed by atoms with van der Waals surface area (Å²) in [6.45, 7) is 6.98. The van der Waals surface area contributed by atoms with E-state index in [4.69, 9.17) is 0 Å². The molecule has 0 spiro atoms. The summed E-state index contributed by atoms with van der Waals surface area (Å²) in [6, 6.07) is 0.507. The minimum atomic E-state index is -0.506. The van der Waals surface area contributed by atoms with Crippen molar-refractivity contribution < 1.29 is 5.11 Å². The normalized spacial score (nSPS) is 14.4. The van der Waals surface area contributed by atoms with E-state index in [1.165, 1.54) is 12.2 Å². The Labute approximate surface area is 92.9 Å². The zero-order valence-electron chi connectivity index (χ0n) is 9.97. The van der Waals surface area contributed by atoms with Crippen molar-refractivity contribution in [3.63, 3.8) is 0 Å². The van der Waals surface area contributed by atoms with Crippen LogP contribution in [0.5, 0.6) is 0 Å². The van der Waals surface area contributed by atoms with Crippen molar-refractivity contribution in [3.8, 4) is 0 Å². The summed E-state index contributed by atoms with van der Waals surface area (Å²) in [5.74, 6) is 1.19. The second-order valence-corrected chi connectivity index (χ2v) is 4.98. The fourth-order valence-corrected chi connectivity index (χ4v) is 1.85. The molecule has 14 heavy (non-hydrogen) atoms. The highest BCUT2D eigenvalue weighted by Crippen LogP contribution is 2.13. The van der Waals surface area contributed by atoms with E-state index in [2.05, 4.69) is 18.5 Å². The minimum Gasteiger partial charge on any atom is -0.389 e. The average Bonchev–Trinajstić information content (AvgIpc) is 2.23. The largest absolute Gasteiger partial charge is 0.389 e. The van der Waals surface area contributed by atoms with Crippen LogP contribution in [-0.4, -0.2) is 35.3 Å². The molecule has 2 N–H and O–H groups in total. The molecule has 0 fully saturated rings. The molecule has 0 aliphatic rings. The molecular formula is C11H25NOS. The smallest absolute Gasteiger partial charge is 0.0766 e. The van der Waals surface area contributed by atoms with Gasteiger partial charge < -0.3 is 10.4 Å². The third kappa shape index (κ3) is 5.89. The first-order valence-electron chi connectivity index (χ1n) is 5.52. The van der Waals surface area contributed by atoms with Crippen LogP contribution < -0.4 is 5.32 Å². The highest BCUT2D eigenvalue weighted by molar-refractivity contribution is 7.98. The van der Waals surface area contributed by atoms with Gasteiger partial charge in [-0.25, -0.2) is 0 Å². The fourth-order valence-electron chi connectivity index (χ4n) is 1.26. The molecule has 86 valence electrons. The van der Waals surface area contributed by atoms with Gasteiger partial charge in [0.15, 0.2) is 0 Å². The van der Waals surface area contributed by atoms with Crippen LogP contribution in [0.25, 0.3) is 0 Å². The van der Waals surface area contributed by atoms with E-state index < -0.39 is 5.60 Å². The molecule has 0 amide bonds. The average molecular weight is 219 g/mol. The van der Waals surface area contributed by atoms with E-state index in [1.807, 2.05) is 25.6 Å². The summed E-state index contributed by atoms with van der Waals surface area (Å²) in [6.07, 6.45) is 4.95. The molecule has 0 aromatic carbocycles. The summed E-state index contributed by atoms with van der Waals surface area (Å²) >= 11 is 1.87. The van der Waals surface area contributed by atoms with Gasteiger partial charge in [-0.05, 0) is 38.2 Å². The second-order valence-electron chi connectivity index (χ2n) is 3.99. The predicted molar refractivity (Wildman–Crippen MR) is 66.0 cm³/mol. The summed E-state index contributed by atoms with van der Waals surface area (Å²) < 4.78 is 0. The van der Waals surface area contributed by atoms with E-state index in [0.717, 1.165) is 19.4 Å². The molecule has 1 atom stereocenters. The Morgan fingerprint density at radius 3 is 2.36 bits per heavy atom. The summed E-state index contributed by atoms with van der Waals surface area (Å²) in [5, 5.41) is 13.4. The second kappa shape index (κ2) is 7.55. The first-order valence-corrected chi connectivity index (χ1v) is 6.92. The van der Waals surface area contributed by atoms with Crippen LogP contribution in [0, 0.1) is 0 Å². The van der Waals surface area contributed by atoms with Crippen LogP contribution in [0.3, 0.4) is 0 Å². The summed E-state index contributed by atoms with van der Waals surface area (Å²) in [7, 11) is 0. The first kappa shape index (κ1) is 14.3. The first-order chi connectivity index (χ1) is 6.58. The van der Waals surface area contributed by atoms with Crippen molar-refractivity contribution in [2.45, 2.75) is 51.7 Å². The summed E-state index contributed by atoms with van der Waals surface area (Å²) in [4.78, 5) is 0. The molecule has 0 heterocycles. The highest BCUT2D eigenvalue weighted by Gasteiger charge is 2.21. The molecule has 0 bridgehead atoms. The van der Waals surface area contributed by atoms with Crippen molar-refractivity contribution in [1.82, 2.24) is 5.32 Å². The Balaban J connectivity index is 3.68. The zero-order valence-corrected chi connectivity index (χ0v) is 10.8. The topological polar surface area (TPSA) is 32.3 Å². The Hall–Kier alpha value is 0.270. The molecule has 0 saturated carbocycles. The van der Waals surface area contributed by atoms with Crippen molar-refractivity contribution in [2.24, 2.45) is 0 Å². The maximum atomic E-state index is 10.0. The molecule has 0 saturated heterocycles. The van der Waals surface area contributed by atoms with Crippen LogP contribution in [0.1, 0.15) is 40.0 Å². The molecule has 1 unspecified atom stereocenters. The third-order valence-electron chi connectivity index (χ3n) is 2.85. The van der Waals surface area contributed by atoms with Crippen molar-refractivity contribution in [2.75, 3.05) is 18.6 Å². The van der Waals surface area contributed by atoms with E-state index in [9.17, 15) is 5.11 Å². The van der Waals surface area contributed by atoms with Gasteiger partial charge in [-0.1, -0.05) is 13.8 Å². The fraction of sp³-hybridized carbons (Fsp3) is 1.00. The summed E-state index contributed by atoms with van der Waals surface area (Å²) in [5.41, 5.74) is -0.506. The number of hydrogen-bond donors (Lipinski definition) is 2. The van der Waals surface area contributed by atoms with Gasteiger partial charge in [0, 0.05) is 12.6 Å². The van der Waals surface area contributed by atoms with Crippen LogP contribution >= 0.6 is 11.8 Å². The van der Waals surface area contributed by atoms with Gasteiger partial charge in [-0.2, -0.15) is 11.8 Å².